The van der Waals surface area contributed by atoms with Crippen molar-refractivity contribution in [2.24, 2.45) is 11.8 Å². The fraction of sp³-hybridized carbons (Fsp3) is 0.857. The molecule has 0 aromatic rings. The van der Waals surface area contributed by atoms with Gasteiger partial charge < -0.3 is 0 Å². The van der Waals surface area contributed by atoms with Gasteiger partial charge in [-0.1, -0.05) is 33.0 Å². The van der Waals surface area contributed by atoms with E-state index in [2.05, 4.69) is 38.4 Å². The van der Waals surface area contributed by atoms with Crippen molar-refractivity contribution in [3.8, 4) is 0 Å². The second-order valence-corrected chi connectivity index (χ2v) is 2.88. The van der Waals surface area contributed by atoms with Crippen LogP contribution in [0.4, 0.5) is 0 Å². The van der Waals surface area contributed by atoms with Gasteiger partial charge in [0.05, 0.1) is 0 Å². The van der Waals surface area contributed by atoms with E-state index in [1.807, 2.05) is 0 Å². The molecule has 0 aromatic carbocycles. The lowest BCUT2D eigenvalue weighted by Crippen LogP contribution is -1.98. The Balaban J connectivity index is 3.23. The molecule has 1 radical (unpaired) electrons. The molecule has 0 spiro atoms. The average molecular weight is 129 g/mol. The van der Waals surface area contributed by atoms with Crippen LogP contribution in [0.25, 0.3) is 0 Å². The Morgan fingerprint density at radius 2 is 1.88 bits per heavy atom. The Labute approximate surface area is 57.3 Å². The summed E-state index contributed by atoms with van der Waals surface area (Å²) >= 11 is 4.64. The van der Waals surface area contributed by atoms with Crippen LogP contribution in [0.3, 0.4) is 0 Å². The van der Waals surface area contributed by atoms with Gasteiger partial charge in [-0.05, 0) is 18.3 Å². The molecule has 0 nitrogen and oxygen atoms in total. The number of rotatable bonds is 3. The molecule has 0 rings (SSSR count). The van der Waals surface area contributed by atoms with E-state index < -0.39 is 0 Å². The highest BCUT2D eigenvalue weighted by molar-refractivity contribution is 7.79. The van der Waals surface area contributed by atoms with Crippen molar-refractivity contribution in [1.29, 1.82) is 0 Å². The largest absolute Gasteiger partial charge is 0.0834 e. The minimum atomic E-state index is 0.491. The van der Waals surface area contributed by atoms with Crippen LogP contribution in [0.1, 0.15) is 27.2 Å². The summed E-state index contributed by atoms with van der Waals surface area (Å²) in [6.07, 6.45) is 1.17. The van der Waals surface area contributed by atoms with Crippen molar-refractivity contribution < 1.29 is 0 Å². The zero-order valence-corrected chi connectivity index (χ0v) is 6.59. The molecule has 0 heterocycles. The Hall–Kier alpha value is 0.0900. The summed E-state index contributed by atoms with van der Waals surface area (Å²) in [7, 11) is 0. The van der Waals surface area contributed by atoms with Gasteiger partial charge in [-0.2, -0.15) is 0 Å². The Morgan fingerprint density at radius 1 is 1.38 bits per heavy atom. The highest BCUT2D eigenvalue weighted by atomic mass is 32.1. The van der Waals surface area contributed by atoms with Gasteiger partial charge >= 0.3 is 0 Å². The fourth-order valence-electron chi connectivity index (χ4n) is 0.755. The lowest BCUT2D eigenvalue weighted by molar-refractivity contribution is 0.529. The third kappa shape index (κ3) is 4.25. The molecule has 47 valence electrons. The first-order valence-electron chi connectivity index (χ1n) is 3.04. The minimum absolute atomic E-state index is 0.491. The average Bonchev–Trinajstić information content (AvgIpc) is 1.65. The molecule has 0 N–H and O–H groups in total. The molecule has 0 amide bonds. The zero-order chi connectivity index (χ0) is 6.57. The first kappa shape index (κ1) is 8.09. The number of hydrogen-bond donors (Lipinski definition) is 0. The van der Waals surface area contributed by atoms with Crippen LogP contribution in [0, 0.1) is 11.8 Å². The zero-order valence-electron chi connectivity index (χ0n) is 5.77. The fourth-order valence-corrected chi connectivity index (χ4v) is 0.851. The van der Waals surface area contributed by atoms with E-state index in [9.17, 15) is 0 Å². The second-order valence-electron chi connectivity index (χ2n) is 2.65. The van der Waals surface area contributed by atoms with Crippen molar-refractivity contribution >= 4 is 17.6 Å². The Bertz CT molecular complexity index is 66.8. The molecule has 1 unspecified atom stereocenters. The van der Waals surface area contributed by atoms with Crippen LogP contribution in [0.2, 0.25) is 0 Å². The van der Waals surface area contributed by atoms with E-state index in [0.29, 0.717) is 5.92 Å². The maximum absolute atomic E-state index is 4.64. The van der Waals surface area contributed by atoms with Gasteiger partial charge in [-0.25, -0.2) is 0 Å². The van der Waals surface area contributed by atoms with E-state index in [0.717, 1.165) is 5.92 Å². The summed E-state index contributed by atoms with van der Waals surface area (Å²) < 4.78 is 0. The highest BCUT2D eigenvalue weighted by Crippen LogP contribution is 2.07. The molecule has 1 heteroatoms. The molecule has 8 heavy (non-hydrogen) atoms. The monoisotopic (exact) mass is 129 g/mol. The smallest absolute Gasteiger partial charge is 0.0322 e. The first-order valence-corrected chi connectivity index (χ1v) is 3.45. The Kier molecular flexibility index (Phi) is 4.06. The van der Waals surface area contributed by atoms with Gasteiger partial charge in [-0.15, -0.1) is 0 Å². The van der Waals surface area contributed by atoms with Gasteiger partial charge in [0.2, 0.25) is 0 Å². The molecular formula is C7H13S. The molecule has 0 aliphatic rings. The highest BCUT2D eigenvalue weighted by Gasteiger charge is 1.99. The summed E-state index contributed by atoms with van der Waals surface area (Å²) in [4.78, 5) is 0. The van der Waals surface area contributed by atoms with Crippen LogP contribution in [0.5, 0.6) is 0 Å². The summed E-state index contributed by atoms with van der Waals surface area (Å²) in [6.45, 7) is 6.50. The van der Waals surface area contributed by atoms with E-state index in [1.165, 1.54) is 6.42 Å². The molecule has 0 bridgehead atoms. The van der Waals surface area contributed by atoms with Crippen LogP contribution in [-0.4, -0.2) is 5.37 Å². The SMILES string of the molecule is CC(C)CC(C)[C]=S. The van der Waals surface area contributed by atoms with Crippen LogP contribution in [-0.2, 0) is 0 Å². The minimum Gasteiger partial charge on any atom is -0.0834 e. The molecule has 0 aromatic heterocycles. The van der Waals surface area contributed by atoms with Crippen molar-refractivity contribution in [3.05, 3.63) is 0 Å². The lowest BCUT2D eigenvalue weighted by Gasteiger charge is -2.05. The lowest BCUT2D eigenvalue weighted by atomic mass is 10.0. The maximum Gasteiger partial charge on any atom is 0.0322 e. The molecule has 0 aliphatic heterocycles. The Morgan fingerprint density at radius 3 is 2.00 bits per heavy atom. The van der Waals surface area contributed by atoms with Gasteiger partial charge in [-0.3, -0.25) is 0 Å². The summed E-state index contributed by atoms with van der Waals surface area (Å²) in [5.41, 5.74) is 0. The predicted molar refractivity (Wildman–Crippen MR) is 41.2 cm³/mol. The van der Waals surface area contributed by atoms with Crippen molar-refractivity contribution in [1.82, 2.24) is 0 Å². The van der Waals surface area contributed by atoms with Gasteiger partial charge in [0.1, 0.15) is 0 Å². The van der Waals surface area contributed by atoms with E-state index in [1.54, 1.807) is 0 Å². The normalized spacial score (nSPS) is 14.0. The van der Waals surface area contributed by atoms with Gasteiger partial charge in [0, 0.05) is 5.37 Å². The molecule has 0 aliphatic carbocycles. The second kappa shape index (κ2) is 4.02. The number of thiocarbonyl (C=S) groups is 1. The number of hydrogen-bond acceptors (Lipinski definition) is 1. The van der Waals surface area contributed by atoms with E-state index >= 15 is 0 Å². The molecular weight excluding hydrogens is 116 g/mol. The van der Waals surface area contributed by atoms with Crippen molar-refractivity contribution in [3.63, 3.8) is 0 Å². The summed E-state index contributed by atoms with van der Waals surface area (Å²) in [5.74, 6) is 1.24. The van der Waals surface area contributed by atoms with E-state index in [4.69, 9.17) is 0 Å². The molecule has 0 saturated heterocycles. The standard InChI is InChI=1S/C7H13S/c1-6(2)4-7(3)5-8/h6-7H,4H2,1-3H3. The van der Waals surface area contributed by atoms with Crippen molar-refractivity contribution in [2.75, 3.05) is 0 Å². The van der Waals surface area contributed by atoms with Crippen LogP contribution in [0.15, 0.2) is 0 Å². The quantitative estimate of drug-likeness (QED) is 0.528. The molecule has 0 fully saturated rings. The topological polar surface area (TPSA) is 0 Å². The maximum atomic E-state index is 4.64. The van der Waals surface area contributed by atoms with Crippen molar-refractivity contribution in [2.45, 2.75) is 27.2 Å². The van der Waals surface area contributed by atoms with Crippen LogP contribution >= 0.6 is 12.2 Å². The van der Waals surface area contributed by atoms with Gasteiger partial charge in [0.25, 0.3) is 0 Å². The third-order valence-corrected chi connectivity index (χ3v) is 1.43. The van der Waals surface area contributed by atoms with Gasteiger partial charge in [0.15, 0.2) is 0 Å². The van der Waals surface area contributed by atoms with E-state index in [-0.39, 0.29) is 0 Å². The third-order valence-electron chi connectivity index (χ3n) is 1.03. The predicted octanol–water partition coefficient (Wildman–Crippen LogP) is 2.55. The summed E-state index contributed by atoms with van der Waals surface area (Å²) in [5, 5.41) is 2.78. The van der Waals surface area contributed by atoms with Crippen LogP contribution < -0.4 is 0 Å². The molecule has 1 atom stereocenters. The summed E-state index contributed by atoms with van der Waals surface area (Å²) in [6, 6.07) is 0. The first-order chi connectivity index (χ1) is 3.66. The molecule has 0 saturated carbocycles.